The Morgan fingerprint density at radius 2 is 1.24 bits per heavy atom. The molecule has 3 bridgehead atoms. The summed E-state index contributed by atoms with van der Waals surface area (Å²) in [7, 11) is 0. The molecule has 1 saturated carbocycles. The van der Waals surface area contributed by atoms with Gasteiger partial charge in [-0.15, -0.1) is 0 Å². The predicted molar refractivity (Wildman–Crippen MR) is 232 cm³/mol. The van der Waals surface area contributed by atoms with Crippen molar-refractivity contribution >= 4 is 49.6 Å². The minimum absolute atomic E-state index is 0.198. The third kappa shape index (κ3) is 5.07. The maximum absolute atomic E-state index is 2.69. The average molecular weight is 711 g/mol. The Labute approximate surface area is 324 Å². The number of anilines is 3. The van der Waals surface area contributed by atoms with Crippen LogP contribution in [0, 0.1) is 23.7 Å². The maximum atomic E-state index is 2.69. The summed E-state index contributed by atoms with van der Waals surface area (Å²) in [5.41, 5.74) is 13.0. The van der Waals surface area contributed by atoms with Crippen LogP contribution in [0.3, 0.4) is 0 Å². The lowest BCUT2D eigenvalue weighted by molar-refractivity contribution is 0.251. The molecule has 0 saturated heterocycles. The third-order valence-corrected chi connectivity index (χ3v) is 13.6. The van der Waals surface area contributed by atoms with Crippen LogP contribution in [-0.2, 0) is 5.41 Å². The van der Waals surface area contributed by atoms with Gasteiger partial charge in [-0.3, -0.25) is 0 Å². The average Bonchev–Trinajstić information content (AvgIpc) is 3.72. The van der Waals surface area contributed by atoms with Crippen LogP contribution in [0.5, 0.6) is 0 Å². The van der Waals surface area contributed by atoms with Gasteiger partial charge < -0.3 is 9.47 Å². The van der Waals surface area contributed by atoms with Crippen molar-refractivity contribution in [2.75, 3.05) is 4.90 Å². The molecule has 5 atom stereocenters. The molecule has 55 heavy (non-hydrogen) atoms. The van der Waals surface area contributed by atoms with Gasteiger partial charge in [-0.2, -0.15) is 0 Å². The molecule has 0 amide bonds. The highest BCUT2D eigenvalue weighted by atomic mass is 15.1. The molecular weight excluding hydrogens is 665 g/mol. The molecule has 8 aromatic rings. The Kier molecular flexibility index (Phi) is 7.46. The van der Waals surface area contributed by atoms with E-state index < -0.39 is 0 Å². The molecule has 0 N–H and O–H groups in total. The van der Waals surface area contributed by atoms with Crippen molar-refractivity contribution in [3.8, 4) is 16.8 Å². The second-order valence-electron chi connectivity index (χ2n) is 16.8. The summed E-state index contributed by atoms with van der Waals surface area (Å²) in [6.07, 6.45) is 8.03. The fraction of sp³-hybridized carbons (Fsp3) is 0.208. The lowest BCUT2D eigenvalue weighted by atomic mass is 9.68. The number of hydrogen-bond acceptors (Lipinski definition) is 1. The van der Waals surface area contributed by atoms with Crippen LogP contribution >= 0.6 is 0 Å². The standard InChI is InChI=1S/C53H46N2/c1-35-30-40-31-37-32-48(36(40)2)53(33-35,34-37)41-23-27-44(28-24-41)54(42-13-4-3-5-14-42)43-25-20-39(21-26-43)45-15-8-10-18-49(45)55-50-19-11-9-17-47(50)52-46-16-7-6-12-38(46)22-29-51(52)55/h3-29,32,35-37,40H,30-31,33-34H2,1-2H3/t35-,36?,37+,40?,53?/m0/s1. The molecule has 3 aliphatic rings. The quantitative estimate of drug-likeness (QED) is 0.156. The van der Waals surface area contributed by atoms with E-state index in [0.717, 1.165) is 29.1 Å². The van der Waals surface area contributed by atoms with E-state index in [1.165, 1.54) is 86.3 Å². The van der Waals surface area contributed by atoms with Crippen LogP contribution in [0.25, 0.3) is 49.4 Å². The Balaban J connectivity index is 0.990. The summed E-state index contributed by atoms with van der Waals surface area (Å²) < 4.78 is 2.46. The molecule has 0 aliphatic heterocycles. The zero-order valence-electron chi connectivity index (χ0n) is 31.7. The first kappa shape index (κ1) is 32.6. The normalized spacial score (nSPS) is 23.0. The molecule has 0 radical (unpaired) electrons. The van der Waals surface area contributed by atoms with Gasteiger partial charge in [-0.1, -0.05) is 135 Å². The first-order chi connectivity index (χ1) is 27.1. The third-order valence-electron chi connectivity index (χ3n) is 13.6. The number of nitrogens with zero attached hydrogens (tertiary/aromatic N) is 2. The van der Waals surface area contributed by atoms with Crippen LogP contribution in [0.2, 0.25) is 0 Å². The molecule has 2 nitrogen and oxygen atoms in total. The van der Waals surface area contributed by atoms with Gasteiger partial charge in [0.2, 0.25) is 0 Å². The van der Waals surface area contributed by atoms with Gasteiger partial charge in [-0.25, -0.2) is 0 Å². The second-order valence-corrected chi connectivity index (χ2v) is 16.8. The number of fused-ring (bicyclic) bond motifs is 7. The lowest BCUT2D eigenvalue weighted by Gasteiger charge is -2.36. The van der Waals surface area contributed by atoms with Crippen molar-refractivity contribution < 1.29 is 0 Å². The van der Waals surface area contributed by atoms with Crippen molar-refractivity contribution in [3.63, 3.8) is 0 Å². The maximum Gasteiger partial charge on any atom is 0.0547 e. The van der Waals surface area contributed by atoms with Gasteiger partial charge >= 0.3 is 0 Å². The molecule has 0 spiro atoms. The largest absolute Gasteiger partial charge is 0.311 e. The van der Waals surface area contributed by atoms with E-state index in [0.29, 0.717) is 5.92 Å². The summed E-state index contributed by atoms with van der Waals surface area (Å²) in [5, 5.41) is 5.15. The Morgan fingerprint density at radius 1 is 0.564 bits per heavy atom. The van der Waals surface area contributed by atoms with E-state index >= 15 is 0 Å². The molecular formula is C53H46N2. The lowest BCUT2D eigenvalue weighted by Crippen LogP contribution is -2.29. The Hall–Kier alpha value is -5.86. The van der Waals surface area contributed by atoms with E-state index in [1.54, 1.807) is 5.57 Å². The Morgan fingerprint density at radius 3 is 2.05 bits per heavy atom. The summed E-state index contributed by atoms with van der Waals surface area (Å²) in [4.78, 5) is 2.41. The molecule has 268 valence electrons. The molecule has 1 aromatic heterocycles. The zero-order valence-corrected chi connectivity index (χ0v) is 31.7. The highest BCUT2D eigenvalue weighted by Crippen LogP contribution is 2.61. The number of benzene rings is 7. The van der Waals surface area contributed by atoms with Crippen molar-refractivity contribution in [2.45, 2.75) is 44.9 Å². The second kappa shape index (κ2) is 12.6. The van der Waals surface area contributed by atoms with Crippen molar-refractivity contribution in [2.24, 2.45) is 23.7 Å². The molecule has 1 heterocycles. The highest BCUT2D eigenvalue weighted by Gasteiger charge is 2.52. The molecule has 11 rings (SSSR count). The number of allylic oxidation sites excluding steroid dienone is 2. The number of rotatable bonds is 6. The monoisotopic (exact) mass is 710 g/mol. The summed E-state index contributed by atoms with van der Waals surface area (Å²) >= 11 is 0. The summed E-state index contributed by atoms with van der Waals surface area (Å²) in [5.74, 6) is 3.07. The molecule has 3 aliphatic carbocycles. The first-order valence-electron chi connectivity index (χ1n) is 20.3. The number of hydrogen-bond donors (Lipinski definition) is 0. The molecule has 3 unspecified atom stereocenters. The van der Waals surface area contributed by atoms with Gasteiger partial charge in [0.05, 0.1) is 16.7 Å². The molecule has 7 aromatic carbocycles. The minimum Gasteiger partial charge on any atom is -0.311 e. The smallest absolute Gasteiger partial charge is 0.0547 e. The van der Waals surface area contributed by atoms with E-state index in [4.69, 9.17) is 0 Å². The van der Waals surface area contributed by atoms with Crippen LogP contribution in [0.15, 0.2) is 175 Å². The van der Waals surface area contributed by atoms with E-state index in [-0.39, 0.29) is 5.41 Å². The first-order valence-corrected chi connectivity index (χ1v) is 20.3. The summed E-state index contributed by atoms with van der Waals surface area (Å²) in [6.45, 7) is 5.02. The van der Waals surface area contributed by atoms with Crippen molar-refractivity contribution in [3.05, 3.63) is 181 Å². The van der Waals surface area contributed by atoms with Crippen molar-refractivity contribution in [1.82, 2.24) is 4.57 Å². The molecule has 2 heteroatoms. The minimum atomic E-state index is 0.198. The van der Waals surface area contributed by atoms with E-state index in [9.17, 15) is 0 Å². The van der Waals surface area contributed by atoms with Gasteiger partial charge in [0, 0.05) is 38.8 Å². The van der Waals surface area contributed by atoms with Crippen LogP contribution in [0.1, 0.15) is 45.1 Å². The van der Waals surface area contributed by atoms with Crippen LogP contribution in [-0.4, -0.2) is 4.57 Å². The van der Waals surface area contributed by atoms with Gasteiger partial charge in [0.1, 0.15) is 0 Å². The van der Waals surface area contributed by atoms with Crippen molar-refractivity contribution in [1.29, 1.82) is 0 Å². The SMILES string of the molecule is CC1C2=C[C@H]3CC1C[C@H](C)CC2(c1ccc(N(c2ccccc2)c2ccc(-c4ccccc4-n4c5ccccc5c5c6ccccc6ccc54)cc2)cc1)C3. The number of aromatic nitrogens is 1. The topological polar surface area (TPSA) is 8.17 Å². The Bertz CT molecular complexity index is 2750. The van der Waals surface area contributed by atoms with E-state index in [2.05, 4.69) is 193 Å². The van der Waals surface area contributed by atoms with Crippen LogP contribution in [0.4, 0.5) is 17.1 Å². The summed E-state index contributed by atoms with van der Waals surface area (Å²) in [6, 6.07) is 60.8. The van der Waals surface area contributed by atoms with Crippen LogP contribution < -0.4 is 4.90 Å². The zero-order chi connectivity index (χ0) is 36.7. The van der Waals surface area contributed by atoms with Gasteiger partial charge in [-0.05, 0) is 126 Å². The fourth-order valence-electron chi connectivity index (χ4n) is 11.4. The fourth-order valence-corrected chi connectivity index (χ4v) is 11.4. The highest BCUT2D eigenvalue weighted by molar-refractivity contribution is 6.21. The predicted octanol–water partition coefficient (Wildman–Crippen LogP) is 14.3. The van der Waals surface area contributed by atoms with E-state index in [1.807, 2.05) is 0 Å². The van der Waals surface area contributed by atoms with Gasteiger partial charge in [0.15, 0.2) is 0 Å². The molecule has 1 fully saturated rings. The van der Waals surface area contributed by atoms with Gasteiger partial charge in [0.25, 0.3) is 0 Å². The number of para-hydroxylation sites is 3.